The van der Waals surface area contributed by atoms with Crippen LogP contribution in [0.2, 0.25) is 0 Å². The first-order valence-corrected chi connectivity index (χ1v) is 6.81. The van der Waals surface area contributed by atoms with Gasteiger partial charge < -0.3 is 4.90 Å². The maximum absolute atomic E-state index is 12.3. The Bertz CT molecular complexity index is 564. The Morgan fingerprint density at radius 2 is 2.05 bits per heavy atom. The average Bonchev–Trinajstić information content (AvgIpc) is 2.33. The summed E-state index contributed by atoms with van der Waals surface area (Å²) in [5, 5.41) is 10.9. The second-order valence-electron chi connectivity index (χ2n) is 6.38. The number of rotatable bonds is 3. The number of hydrogen-bond acceptors (Lipinski definition) is 4. The molecule has 5 nitrogen and oxygen atoms in total. The molecule has 1 heterocycles. The number of nitro groups is 1. The third-order valence-corrected chi connectivity index (χ3v) is 3.65. The van der Waals surface area contributed by atoms with Gasteiger partial charge in [0.1, 0.15) is 0 Å². The van der Waals surface area contributed by atoms with Crippen LogP contribution in [0.25, 0.3) is 0 Å². The lowest BCUT2D eigenvalue weighted by atomic mass is 9.85. The number of non-ortho nitro benzene ring substituents is 1. The Balaban J connectivity index is 2.53. The van der Waals surface area contributed by atoms with E-state index in [9.17, 15) is 14.9 Å². The molecule has 1 aromatic carbocycles. The van der Waals surface area contributed by atoms with E-state index in [2.05, 4.69) is 18.7 Å². The minimum atomic E-state index is -0.458. The van der Waals surface area contributed by atoms with Crippen LogP contribution in [0, 0.1) is 16.0 Å². The Labute approximate surface area is 118 Å². The molecular formula is C15H20N2O3. The molecule has 2 rings (SSSR count). The minimum absolute atomic E-state index is 0.0197. The predicted molar refractivity (Wildman–Crippen MR) is 78.3 cm³/mol. The molecule has 0 unspecified atom stereocenters. The van der Waals surface area contributed by atoms with Gasteiger partial charge in [0.25, 0.3) is 5.69 Å². The van der Waals surface area contributed by atoms with Crippen molar-refractivity contribution in [3.63, 3.8) is 0 Å². The molecule has 5 heteroatoms. The molecule has 0 spiro atoms. The molecule has 0 aromatic heterocycles. The molecule has 0 fully saturated rings. The molecule has 20 heavy (non-hydrogen) atoms. The van der Waals surface area contributed by atoms with Crippen LogP contribution in [0.5, 0.6) is 0 Å². The number of benzene rings is 1. The van der Waals surface area contributed by atoms with Crippen LogP contribution < -0.4 is 4.90 Å². The normalized spacial score (nSPS) is 17.2. The van der Waals surface area contributed by atoms with Crippen molar-refractivity contribution < 1.29 is 9.72 Å². The van der Waals surface area contributed by atoms with Gasteiger partial charge >= 0.3 is 0 Å². The molecule has 0 N–H and O–H groups in total. The van der Waals surface area contributed by atoms with E-state index >= 15 is 0 Å². The fraction of sp³-hybridized carbons (Fsp3) is 0.533. The molecule has 108 valence electrons. The highest BCUT2D eigenvalue weighted by molar-refractivity contribution is 6.04. The van der Waals surface area contributed by atoms with Crippen LogP contribution in [0.1, 0.15) is 44.5 Å². The second-order valence-corrected chi connectivity index (χ2v) is 6.38. The number of nitrogens with zero attached hydrogens (tertiary/aromatic N) is 2. The van der Waals surface area contributed by atoms with Gasteiger partial charge in [0.15, 0.2) is 5.78 Å². The summed E-state index contributed by atoms with van der Waals surface area (Å²) in [7, 11) is 0. The number of anilines is 1. The molecule has 0 saturated carbocycles. The summed E-state index contributed by atoms with van der Waals surface area (Å²) < 4.78 is 0. The zero-order valence-corrected chi connectivity index (χ0v) is 12.3. The Morgan fingerprint density at radius 3 is 2.60 bits per heavy atom. The van der Waals surface area contributed by atoms with Crippen LogP contribution in [-0.2, 0) is 0 Å². The summed E-state index contributed by atoms with van der Waals surface area (Å²) in [5.41, 5.74) is 0.996. The molecule has 0 saturated heterocycles. The van der Waals surface area contributed by atoms with Gasteiger partial charge in [-0.05, 0) is 25.8 Å². The molecular weight excluding hydrogens is 256 g/mol. The third-order valence-electron chi connectivity index (χ3n) is 3.65. The number of carbonyl (C=O) groups is 1. The van der Waals surface area contributed by atoms with Gasteiger partial charge in [-0.3, -0.25) is 14.9 Å². The summed E-state index contributed by atoms with van der Waals surface area (Å²) in [6, 6.07) is 4.58. The van der Waals surface area contributed by atoms with Crippen LogP contribution in [0.3, 0.4) is 0 Å². The SMILES string of the molecule is CC(C)CN1c2ccc([N+](=O)[O-])cc2C(=O)CC1(C)C. The van der Waals surface area contributed by atoms with E-state index in [4.69, 9.17) is 0 Å². The maximum Gasteiger partial charge on any atom is 0.270 e. The molecule has 1 aromatic rings. The highest BCUT2D eigenvalue weighted by Crippen LogP contribution is 2.38. The van der Waals surface area contributed by atoms with E-state index < -0.39 is 4.92 Å². The van der Waals surface area contributed by atoms with Crippen molar-refractivity contribution in [3.8, 4) is 0 Å². The summed E-state index contributed by atoms with van der Waals surface area (Å²) in [4.78, 5) is 24.9. The lowest BCUT2D eigenvalue weighted by molar-refractivity contribution is -0.384. The lowest BCUT2D eigenvalue weighted by Crippen LogP contribution is -2.50. The first-order valence-electron chi connectivity index (χ1n) is 6.81. The first kappa shape index (κ1) is 14.5. The number of fused-ring (bicyclic) bond motifs is 1. The standard InChI is InChI=1S/C15H20N2O3/c1-10(2)9-16-13-6-5-11(17(19)20)7-12(13)14(18)8-15(16,3)4/h5-7,10H,8-9H2,1-4H3. The Morgan fingerprint density at radius 1 is 1.40 bits per heavy atom. The predicted octanol–water partition coefficient (Wildman–Crippen LogP) is 3.42. The zero-order valence-electron chi connectivity index (χ0n) is 12.3. The fourth-order valence-corrected chi connectivity index (χ4v) is 2.72. The van der Waals surface area contributed by atoms with Crippen LogP contribution in [0.15, 0.2) is 18.2 Å². The van der Waals surface area contributed by atoms with Gasteiger partial charge in [0.2, 0.25) is 0 Å². The maximum atomic E-state index is 12.3. The molecule has 1 aliphatic rings. The fourth-order valence-electron chi connectivity index (χ4n) is 2.72. The summed E-state index contributed by atoms with van der Waals surface area (Å²) >= 11 is 0. The summed E-state index contributed by atoms with van der Waals surface area (Å²) in [5.74, 6) is 0.430. The molecule has 0 radical (unpaired) electrons. The topological polar surface area (TPSA) is 63.4 Å². The highest BCUT2D eigenvalue weighted by Gasteiger charge is 2.38. The lowest BCUT2D eigenvalue weighted by Gasteiger charge is -2.45. The number of carbonyl (C=O) groups excluding carboxylic acids is 1. The van der Waals surface area contributed by atoms with E-state index in [0.29, 0.717) is 17.9 Å². The van der Waals surface area contributed by atoms with Gasteiger partial charge in [0.05, 0.1) is 4.92 Å². The number of nitro benzene ring substituents is 1. The van der Waals surface area contributed by atoms with E-state index in [-0.39, 0.29) is 17.0 Å². The molecule has 1 aliphatic heterocycles. The Kier molecular flexibility index (Phi) is 3.54. The molecule has 0 amide bonds. The smallest absolute Gasteiger partial charge is 0.270 e. The van der Waals surface area contributed by atoms with Gasteiger partial charge in [-0.25, -0.2) is 0 Å². The number of hydrogen-bond donors (Lipinski definition) is 0. The van der Waals surface area contributed by atoms with E-state index in [1.165, 1.54) is 12.1 Å². The zero-order chi connectivity index (χ0) is 15.1. The van der Waals surface area contributed by atoms with Gasteiger partial charge in [-0.1, -0.05) is 13.8 Å². The average molecular weight is 276 g/mol. The quantitative estimate of drug-likeness (QED) is 0.626. The monoisotopic (exact) mass is 276 g/mol. The summed E-state index contributed by atoms with van der Waals surface area (Å²) in [6.45, 7) is 9.15. The van der Waals surface area contributed by atoms with Gasteiger partial charge in [0, 0.05) is 41.9 Å². The minimum Gasteiger partial charge on any atom is -0.365 e. The summed E-state index contributed by atoms with van der Waals surface area (Å²) in [6.07, 6.45) is 0.383. The van der Waals surface area contributed by atoms with Crippen molar-refractivity contribution in [2.24, 2.45) is 5.92 Å². The Hall–Kier alpha value is -1.91. The number of Topliss-reactive ketones (excluding diaryl/α,β-unsaturated/α-hetero) is 1. The van der Waals surface area contributed by atoms with Crippen molar-refractivity contribution in [3.05, 3.63) is 33.9 Å². The van der Waals surface area contributed by atoms with Crippen molar-refractivity contribution in [2.45, 2.75) is 39.7 Å². The highest BCUT2D eigenvalue weighted by atomic mass is 16.6. The van der Waals surface area contributed by atoms with Gasteiger partial charge in [-0.2, -0.15) is 0 Å². The van der Waals surface area contributed by atoms with Crippen LogP contribution in [-0.4, -0.2) is 22.8 Å². The largest absolute Gasteiger partial charge is 0.365 e. The number of ketones is 1. The molecule has 0 atom stereocenters. The van der Waals surface area contributed by atoms with E-state index in [1.807, 2.05) is 13.8 Å². The van der Waals surface area contributed by atoms with Crippen molar-refractivity contribution in [2.75, 3.05) is 11.4 Å². The first-order chi connectivity index (χ1) is 9.22. The second kappa shape index (κ2) is 4.89. The van der Waals surface area contributed by atoms with Crippen LogP contribution in [0.4, 0.5) is 11.4 Å². The molecule has 0 aliphatic carbocycles. The molecule has 0 bridgehead atoms. The van der Waals surface area contributed by atoms with Gasteiger partial charge in [-0.15, -0.1) is 0 Å². The van der Waals surface area contributed by atoms with Crippen LogP contribution >= 0.6 is 0 Å². The van der Waals surface area contributed by atoms with E-state index in [1.54, 1.807) is 6.07 Å². The van der Waals surface area contributed by atoms with Crippen molar-refractivity contribution in [1.29, 1.82) is 0 Å². The van der Waals surface area contributed by atoms with Crippen molar-refractivity contribution >= 4 is 17.2 Å². The third kappa shape index (κ3) is 2.53. The van der Waals surface area contributed by atoms with E-state index in [0.717, 1.165) is 12.2 Å². The van der Waals surface area contributed by atoms with Crippen molar-refractivity contribution in [1.82, 2.24) is 0 Å².